The standard InChI is InChI=1S/C28H30S.7C2H6/c1-7-11-20(4)22(6)28(23-15-16-24(29)18-19(3)17-23)26(12-8-2)21(5)25-13-9-10-14-27(25)28;7*1-2/h7-10,12-20,29H,1-2,5-6,11H2,3-4H3;7*1-2H3/b26-12+;;;;;;;. The second-order valence-corrected chi connectivity index (χ2v) is 8.46. The van der Waals surface area contributed by atoms with Gasteiger partial charge in [0.25, 0.3) is 0 Å². The smallest absolute Gasteiger partial charge is 0.0670 e. The lowest BCUT2D eigenvalue weighted by Crippen LogP contribution is -2.33. The van der Waals surface area contributed by atoms with E-state index in [1.807, 2.05) is 109 Å². The lowest BCUT2D eigenvalue weighted by atomic mass is 9.63. The van der Waals surface area contributed by atoms with E-state index in [-0.39, 0.29) is 11.8 Å². The van der Waals surface area contributed by atoms with Crippen LogP contribution in [0.3, 0.4) is 0 Å². The number of benzene rings is 1. The van der Waals surface area contributed by atoms with Gasteiger partial charge in [-0.15, -0.1) is 19.2 Å². The van der Waals surface area contributed by atoms with Crippen molar-refractivity contribution >= 4 is 18.2 Å². The second kappa shape index (κ2) is 32.4. The van der Waals surface area contributed by atoms with Gasteiger partial charge in [0.05, 0.1) is 5.41 Å². The highest BCUT2D eigenvalue weighted by atomic mass is 32.1. The van der Waals surface area contributed by atoms with Gasteiger partial charge in [0, 0.05) is 4.91 Å². The number of hydrogen-bond acceptors (Lipinski definition) is 1. The van der Waals surface area contributed by atoms with Crippen molar-refractivity contribution in [1.82, 2.24) is 0 Å². The van der Waals surface area contributed by atoms with Crippen LogP contribution < -0.4 is 0 Å². The fraction of sp³-hybridized carbons (Fsp3) is 0.476. The summed E-state index contributed by atoms with van der Waals surface area (Å²) in [5.74, 6) is 0.522. The lowest BCUT2D eigenvalue weighted by Gasteiger charge is -2.39. The number of allylic oxidation sites excluding steroid dienone is 11. The van der Waals surface area contributed by atoms with E-state index in [1.165, 1.54) is 16.7 Å². The summed E-state index contributed by atoms with van der Waals surface area (Å²) in [6.07, 6.45) is 15.6. The summed E-state index contributed by atoms with van der Waals surface area (Å²) >= 11 is 4.62. The monoisotopic (exact) mass is 609 g/mol. The molecular weight excluding hydrogens is 537 g/mol. The molecule has 0 amide bonds. The normalized spacial score (nSPS) is 18.3. The van der Waals surface area contributed by atoms with Gasteiger partial charge in [-0.1, -0.05) is 197 Å². The van der Waals surface area contributed by atoms with Crippen molar-refractivity contribution in [2.45, 2.75) is 123 Å². The molecule has 1 aromatic carbocycles. The molecule has 0 aliphatic heterocycles. The Labute approximate surface area is 277 Å². The third-order valence-electron chi connectivity index (χ3n) is 6.01. The van der Waals surface area contributed by atoms with Gasteiger partial charge in [0.15, 0.2) is 0 Å². The van der Waals surface area contributed by atoms with Gasteiger partial charge in [0.2, 0.25) is 0 Å². The fourth-order valence-electron chi connectivity index (χ4n) is 4.67. The van der Waals surface area contributed by atoms with Crippen molar-refractivity contribution in [1.29, 1.82) is 0 Å². The quantitative estimate of drug-likeness (QED) is 0.241. The maximum Gasteiger partial charge on any atom is 0.0670 e. The minimum atomic E-state index is -0.471. The zero-order valence-electron chi connectivity index (χ0n) is 31.5. The van der Waals surface area contributed by atoms with E-state index in [0.717, 1.165) is 28.0 Å². The molecule has 1 aromatic rings. The molecule has 0 radical (unpaired) electrons. The molecule has 0 saturated heterocycles. The first-order chi connectivity index (χ1) is 20.9. The van der Waals surface area contributed by atoms with E-state index in [0.29, 0.717) is 0 Å². The number of rotatable bonds is 6. The SMILES string of the molecule is C=C/C=C1\C(=C)c2ccccc2C1(C(=C)C(C)CC=C)C1=CC(C)C=C(S)C=C1.CC.CC.CC.CC.CC.CC.CC. The maximum atomic E-state index is 4.67. The molecule has 246 valence electrons. The predicted octanol–water partition coefficient (Wildman–Crippen LogP) is 15.0. The summed E-state index contributed by atoms with van der Waals surface area (Å²) in [7, 11) is 0. The van der Waals surface area contributed by atoms with E-state index in [2.05, 4.69) is 107 Å². The van der Waals surface area contributed by atoms with Gasteiger partial charge < -0.3 is 0 Å². The van der Waals surface area contributed by atoms with Crippen LogP contribution in [0.2, 0.25) is 0 Å². The first-order valence-corrected chi connectivity index (χ1v) is 17.6. The second-order valence-electron chi connectivity index (χ2n) is 7.95. The lowest BCUT2D eigenvalue weighted by molar-refractivity contribution is 0.582. The van der Waals surface area contributed by atoms with E-state index < -0.39 is 5.41 Å². The number of fused-ring (bicyclic) bond motifs is 1. The van der Waals surface area contributed by atoms with Gasteiger partial charge in [0.1, 0.15) is 0 Å². The summed E-state index contributed by atoms with van der Waals surface area (Å²) in [6.45, 7) is 49.5. The van der Waals surface area contributed by atoms with E-state index >= 15 is 0 Å². The van der Waals surface area contributed by atoms with Gasteiger partial charge in [-0.3, -0.25) is 0 Å². The van der Waals surface area contributed by atoms with Crippen LogP contribution in [0.15, 0.2) is 115 Å². The van der Waals surface area contributed by atoms with Crippen LogP contribution in [-0.2, 0) is 5.41 Å². The Kier molecular flexibility index (Phi) is 37.8. The van der Waals surface area contributed by atoms with Gasteiger partial charge in [-0.25, -0.2) is 0 Å². The zero-order valence-corrected chi connectivity index (χ0v) is 32.4. The first kappa shape index (κ1) is 50.1. The molecule has 0 fully saturated rings. The van der Waals surface area contributed by atoms with Gasteiger partial charge in [-0.05, 0) is 52.2 Å². The van der Waals surface area contributed by atoms with Gasteiger partial charge >= 0.3 is 0 Å². The molecule has 0 heterocycles. The Morgan fingerprint density at radius 3 is 1.79 bits per heavy atom. The summed E-state index contributed by atoms with van der Waals surface area (Å²) < 4.78 is 0. The highest BCUT2D eigenvalue weighted by molar-refractivity contribution is 7.84. The summed E-state index contributed by atoms with van der Waals surface area (Å²) in [5, 5.41) is 0. The van der Waals surface area contributed by atoms with Crippen LogP contribution in [0.1, 0.15) is 128 Å². The Morgan fingerprint density at radius 2 is 1.33 bits per heavy atom. The third kappa shape index (κ3) is 13.8. The van der Waals surface area contributed by atoms with Crippen LogP contribution in [0.4, 0.5) is 0 Å². The molecule has 0 aromatic heterocycles. The van der Waals surface area contributed by atoms with Crippen LogP contribution >= 0.6 is 12.6 Å². The Morgan fingerprint density at radius 1 is 0.837 bits per heavy atom. The van der Waals surface area contributed by atoms with Crippen LogP contribution in [0.25, 0.3) is 5.57 Å². The predicted molar refractivity (Wildman–Crippen MR) is 211 cm³/mol. The molecule has 2 aliphatic rings. The number of hydrogen-bond donors (Lipinski definition) is 1. The van der Waals surface area contributed by atoms with E-state index in [1.54, 1.807) is 0 Å². The molecule has 3 unspecified atom stereocenters. The van der Waals surface area contributed by atoms with Crippen LogP contribution in [0.5, 0.6) is 0 Å². The zero-order chi connectivity index (χ0) is 35.2. The molecule has 1 heteroatoms. The minimum absolute atomic E-state index is 0.260. The average Bonchev–Trinajstić information content (AvgIpc) is 3.19. The van der Waals surface area contributed by atoms with Crippen molar-refractivity contribution in [3.8, 4) is 0 Å². The van der Waals surface area contributed by atoms with Crippen molar-refractivity contribution in [2.75, 3.05) is 0 Å². The van der Waals surface area contributed by atoms with Crippen molar-refractivity contribution in [3.05, 3.63) is 126 Å². The van der Waals surface area contributed by atoms with E-state index in [9.17, 15) is 0 Å². The summed E-state index contributed by atoms with van der Waals surface area (Å²) in [4.78, 5) is 0.975. The minimum Gasteiger partial charge on any atom is -0.144 e. The molecule has 2 aliphatic carbocycles. The molecule has 0 N–H and O–H groups in total. The molecule has 3 atom stereocenters. The molecule has 43 heavy (non-hydrogen) atoms. The van der Waals surface area contributed by atoms with Crippen molar-refractivity contribution in [3.63, 3.8) is 0 Å². The average molecular weight is 609 g/mol. The Bertz CT molecular complexity index is 995. The topological polar surface area (TPSA) is 0 Å². The molecule has 0 spiro atoms. The summed E-state index contributed by atoms with van der Waals surface area (Å²) in [5.41, 5.74) is 6.51. The number of thiol groups is 1. The van der Waals surface area contributed by atoms with Gasteiger partial charge in [-0.2, -0.15) is 0 Å². The molecule has 0 nitrogen and oxygen atoms in total. The van der Waals surface area contributed by atoms with Crippen molar-refractivity contribution in [2.24, 2.45) is 11.8 Å². The van der Waals surface area contributed by atoms with Crippen LogP contribution in [-0.4, -0.2) is 0 Å². The van der Waals surface area contributed by atoms with Crippen LogP contribution in [0, 0.1) is 11.8 Å². The largest absolute Gasteiger partial charge is 0.144 e. The van der Waals surface area contributed by atoms with E-state index in [4.69, 9.17) is 0 Å². The maximum absolute atomic E-state index is 4.67. The third-order valence-corrected chi connectivity index (χ3v) is 6.31. The molecule has 0 saturated carbocycles. The Hall–Kier alpha value is -2.51. The summed E-state index contributed by atoms with van der Waals surface area (Å²) in [6, 6.07) is 8.56. The highest BCUT2D eigenvalue weighted by Gasteiger charge is 2.49. The Balaban J connectivity index is -0.000000302. The first-order valence-electron chi connectivity index (χ1n) is 17.1. The van der Waals surface area contributed by atoms with Crippen molar-refractivity contribution < 1.29 is 0 Å². The fourth-order valence-corrected chi connectivity index (χ4v) is 4.98. The molecule has 0 bridgehead atoms. The highest BCUT2D eigenvalue weighted by Crippen LogP contribution is 2.59. The molecule has 3 rings (SSSR count). The molecular formula is C42H72S.